The summed E-state index contributed by atoms with van der Waals surface area (Å²) >= 11 is 0. The minimum atomic E-state index is -0.418. The molecule has 0 atom stereocenters. The molecular weight excluding hydrogens is 494 g/mol. The summed E-state index contributed by atoms with van der Waals surface area (Å²) in [6.45, 7) is 2.76. The summed E-state index contributed by atoms with van der Waals surface area (Å²) in [5.74, 6) is 6.87. The fraction of sp³-hybridized carbons (Fsp3) is 0.310. The Morgan fingerprint density at radius 1 is 1.10 bits per heavy atom. The van der Waals surface area contributed by atoms with Gasteiger partial charge in [0.15, 0.2) is 17.0 Å². The molecule has 2 heterocycles. The number of anilines is 4. The Morgan fingerprint density at radius 3 is 2.62 bits per heavy atom. The van der Waals surface area contributed by atoms with E-state index in [0.29, 0.717) is 23.0 Å². The number of aryl methyl sites for hydroxylation is 1. The Labute approximate surface area is 226 Å². The van der Waals surface area contributed by atoms with Crippen LogP contribution in [0.15, 0.2) is 54.9 Å². The molecule has 4 aromatic rings. The number of nitrogens with zero attached hydrogens (tertiary/aromatic N) is 4. The summed E-state index contributed by atoms with van der Waals surface area (Å²) in [6, 6.07) is 14.7. The molecule has 0 saturated heterocycles. The van der Waals surface area contributed by atoms with Gasteiger partial charge in [-0.25, -0.2) is 4.98 Å². The average molecular weight is 526 g/mol. The fourth-order valence-corrected chi connectivity index (χ4v) is 4.51. The summed E-state index contributed by atoms with van der Waals surface area (Å²) in [5, 5.41) is 19.4. The Hall–Kier alpha value is -4.62. The van der Waals surface area contributed by atoms with Crippen molar-refractivity contribution in [1.29, 1.82) is 0 Å². The van der Waals surface area contributed by atoms with Crippen LogP contribution in [0.25, 0.3) is 11.2 Å². The van der Waals surface area contributed by atoms with Crippen molar-refractivity contribution in [3.63, 3.8) is 0 Å². The van der Waals surface area contributed by atoms with Gasteiger partial charge in [-0.2, -0.15) is 9.97 Å². The monoisotopic (exact) mass is 525 g/mol. The maximum absolute atomic E-state index is 12.5. The number of aliphatic hydroxyl groups excluding tert-OH is 1. The Bertz CT molecular complexity index is 1510. The van der Waals surface area contributed by atoms with Gasteiger partial charge in [0.1, 0.15) is 5.75 Å². The van der Waals surface area contributed by atoms with Crippen LogP contribution < -0.4 is 20.7 Å². The first kappa shape index (κ1) is 26.0. The van der Waals surface area contributed by atoms with Gasteiger partial charge in [0.05, 0.1) is 19.5 Å². The van der Waals surface area contributed by atoms with Crippen LogP contribution in [0.3, 0.4) is 0 Å². The van der Waals surface area contributed by atoms with E-state index >= 15 is 0 Å². The summed E-state index contributed by atoms with van der Waals surface area (Å²) < 4.78 is 7.11. The normalized spacial score (nSPS) is 16.7. The molecule has 10 heteroatoms. The molecule has 0 spiro atoms. The van der Waals surface area contributed by atoms with Gasteiger partial charge in [-0.15, -0.1) is 0 Å². The minimum Gasteiger partial charge on any atom is -0.497 e. The second-order valence-corrected chi connectivity index (χ2v) is 9.39. The van der Waals surface area contributed by atoms with E-state index in [9.17, 15) is 9.90 Å². The first-order valence-corrected chi connectivity index (χ1v) is 13.0. The number of carbonyl (C=O) groups is 1. The number of aromatic nitrogens is 4. The molecule has 39 heavy (non-hydrogen) atoms. The minimum absolute atomic E-state index is 0.203. The van der Waals surface area contributed by atoms with Crippen LogP contribution in [0.4, 0.5) is 23.1 Å². The van der Waals surface area contributed by atoms with Gasteiger partial charge in [0.25, 0.3) is 0 Å². The van der Waals surface area contributed by atoms with Gasteiger partial charge < -0.3 is 30.4 Å². The van der Waals surface area contributed by atoms with Crippen LogP contribution in [-0.4, -0.2) is 49.8 Å². The van der Waals surface area contributed by atoms with Crippen molar-refractivity contribution in [3.8, 4) is 17.6 Å². The molecule has 4 N–H and O–H groups in total. The first-order chi connectivity index (χ1) is 19.0. The van der Waals surface area contributed by atoms with Crippen molar-refractivity contribution in [2.75, 3.05) is 23.1 Å². The molecule has 0 radical (unpaired) electrons. The van der Waals surface area contributed by atoms with Gasteiger partial charge in [0, 0.05) is 35.4 Å². The van der Waals surface area contributed by atoms with Crippen LogP contribution in [-0.2, 0) is 11.3 Å². The van der Waals surface area contributed by atoms with Crippen LogP contribution >= 0.6 is 0 Å². The first-order valence-electron chi connectivity index (χ1n) is 13.0. The Balaban J connectivity index is 1.33. The van der Waals surface area contributed by atoms with Crippen molar-refractivity contribution in [3.05, 3.63) is 60.4 Å². The third-order valence-electron chi connectivity index (χ3n) is 6.63. The van der Waals surface area contributed by atoms with Crippen LogP contribution in [0.5, 0.6) is 5.75 Å². The molecule has 0 unspecified atom stereocenters. The summed E-state index contributed by atoms with van der Waals surface area (Å²) in [7, 11) is 1.60. The van der Waals surface area contributed by atoms with Crippen molar-refractivity contribution in [1.82, 2.24) is 19.5 Å². The Kier molecular flexibility index (Phi) is 7.89. The number of hydrogen-bond acceptors (Lipinski definition) is 8. The number of carbonyl (C=O) groups excluding carboxylic acids is 1. The molecule has 1 fully saturated rings. The number of rotatable bonds is 7. The lowest BCUT2D eigenvalue weighted by molar-refractivity contribution is -0.111. The highest BCUT2D eigenvalue weighted by molar-refractivity contribution is 6.04. The molecule has 200 valence electrons. The third-order valence-corrected chi connectivity index (χ3v) is 6.63. The van der Waals surface area contributed by atoms with Gasteiger partial charge in [-0.1, -0.05) is 12.0 Å². The largest absolute Gasteiger partial charge is 0.497 e. The summed E-state index contributed by atoms with van der Waals surface area (Å²) in [4.78, 5) is 26.5. The molecule has 1 amide bonds. The van der Waals surface area contributed by atoms with Crippen molar-refractivity contribution < 1.29 is 14.6 Å². The highest BCUT2D eigenvalue weighted by Crippen LogP contribution is 2.27. The predicted molar refractivity (Wildman–Crippen MR) is 151 cm³/mol. The lowest BCUT2D eigenvalue weighted by Gasteiger charge is -2.26. The zero-order valence-electron chi connectivity index (χ0n) is 21.9. The van der Waals surface area contributed by atoms with Gasteiger partial charge in [-0.3, -0.25) is 4.79 Å². The summed E-state index contributed by atoms with van der Waals surface area (Å²) in [6.07, 6.45) is 4.78. The second-order valence-electron chi connectivity index (χ2n) is 9.39. The molecule has 1 aliphatic rings. The van der Waals surface area contributed by atoms with Crippen molar-refractivity contribution >= 4 is 40.2 Å². The van der Waals surface area contributed by atoms with E-state index in [4.69, 9.17) is 14.7 Å². The average Bonchev–Trinajstić information content (AvgIpc) is 3.37. The summed E-state index contributed by atoms with van der Waals surface area (Å²) in [5.41, 5.74) is 3.42. The van der Waals surface area contributed by atoms with E-state index in [1.165, 1.54) is 0 Å². The molecule has 0 bridgehead atoms. The highest BCUT2D eigenvalue weighted by Gasteiger charge is 2.21. The van der Waals surface area contributed by atoms with Gasteiger partial charge in [0.2, 0.25) is 5.95 Å². The van der Waals surface area contributed by atoms with Crippen LogP contribution in [0.1, 0.15) is 38.2 Å². The van der Waals surface area contributed by atoms with Gasteiger partial charge >= 0.3 is 5.91 Å². The van der Waals surface area contributed by atoms with Crippen LogP contribution in [0, 0.1) is 11.8 Å². The lowest BCUT2D eigenvalue weighted by atomic mass is 9.93. The van der Waals surface area contributed by atoms with E-state index in [0.717, 1.165) is 54.9 Å². The maximum atomic E-state index is 12.5. The lowest BCUT2D eigenvalue weighted by Crippen LogP contribution is -2.29. The van der Waals surface area contributed by atoms with Crippen LogP contribution in [0.2, 0.25) is 0 Å². The molecule has 2 aromatic heterocycles. The number of benzene rings is 2. The fourth-order valence-electron chi connectivity index (χ4n) is 4.51. The third kappa shape index (κ3) is 6.45. The Morgan fingerprint density at radius 2 is 1.87 bits per heavy atom. The maximum Gasteiger partial charge on any atom is 0.300 e. The molecule has 1 aliphatic carbocycles. The molecule has 1 saturated carbocycles. The number of amides is 1. The van der Waals surface area contributed by atoms with E-state index in [1.807, 2.05) is 29.7 Å². The number of methoxy groups -OCH3 is 1. The SMILES string of the molecule is CCn1cnc2c(Nc3cccc(NC(=O)C#Cc4ccc(OC)cc4)c3)nc(NC3CCC(O)CC3)nc21. The topological polar surface area (TPSA) is 126 Å². The standard InChI is InChI=1S/C29H31N7O3/c1-3-36-18-30-26-27(34-29(35-28(26)36)33-20-10-12-23(37)13-11-20)32-22-6-4-5-21(17-22)31-25(38)16-9-19-7-14-24(39-2)15-8-19/h4-8,14-15,17-18,20,23,37H,3,10-13H2,1-2H3,(H,31,38)(H2,32,33,34,35). The number of ether oxygens (including phenoxy) is 1. The number of nitrogens with one attached hydrogen (secondary N) is 3. The highest BCUT2D eigenvalue weighted by atomic mass is 16.5. The molecule has 5 rings (SSSR count). The zero-order valence-corrected chi connectivity index (χ0v) is 21.9. The molecule has 0 aliphatic heterocycles. The van der Waals surface area contributed by atoms with E-state index in [-0.39, 0.29) is 12.1 Å². The van der Waals surface area contributed by atoms with Gasteiger partial charge in [-0.05, 0) is 75.1 Å². The molecule has 2 aromatic carbocycles. The zero-order chi connectivity index (χ0) is 27.2. The number of aliphatic hydroxyl groups is 1. The predicted octanol–water partition coefficient (Wildman–Crippen LogP) is 4.30. The number of hydrogen-bond donors (Lipinski definition) is 4. The smallest absolute Gasteiger partial charge is 0.300 e. The van der Waals surface area contributed by atoms with Crippen molar-refractivity contribution in [2.45, 2.75) is 51.3 Å². The van der Waals surface area contributed by atoms with E-state index < -0.39 is 5.91 Å². The van der Waals surface area contributed by atoms with E-state index in [2.05, 4.69) is 32.8 Å². The van der Waals surface area contributed by atoms with E-state index in [1.54, 1.807) is 43.8 Å². The number of imidazole rings is 1. The molecular formula is C29H31N7O3. The quantitative estimate of drug-likeness (QED) is 0.263. The second kappa shape index (κ2) is 11.8. The molecule has 10 nitrogen and oxygen atoms in total. The number of fused-ring (bicyclic) bond motifs is 1. The van der Waals surface area contributed by atoms with Crippen molar-refractivity contribution in [2.24, 2.45) is 0 Å².